The van der Waals surface area contributed by atoms with Gasteiger partial charge in [0.15, 0.2) is 0 Å². The third-order valence-electron chi connectivity index (χ3n) is 6.63. The van der Waals surface area contributed by atoms with E-state index in [1.165, 1.54) is 31.4 Å². The second-order valence-electron chi connectivity index (χ2n) is 8.50. The molecule has 3 aliphatic rings. The van der Waals surface area contributed by atoms with Crippen molar-refractivity contribution < 1.29 is 9.53 Å². The van der Waals surface area contributed by atoms with Crippen LogP contribution in [0.4, 0.5) is 4.79 Å². The Morgan fingerprint density at radius 2 is 1.93 bits per heavy atom. The maximum absolute atomic E-state index is 12.5. The van der Waals surface area contributed by atoms with Gasteiger partial charge >= 0.3 is 6.03 Å². The van der Waals surface area contributed by atoms with Gasteiger partial charge in [-0.3, -0.25) is 0 Å². The molecular weight excluding hydrogens is 338 g/mol. The Morgan fingerprint density at radius 1 is 1.15 bits per heavy atom. The molecule has 0 radical (unpaired) electrons. The van der Waals surface area contributed by atoms with Crippen molar-refractivity contribution >= 4 is 6.03 Å². The summed E-state index contributed by atoms with van der Waals surface area (Å²) in [4.78, 5) is 17.0. The van der Waals surface area contributed by atoms with Gasteiger partial charge in [0, 0.05) is 32.7 Å². The standard InChI is InChI=1S/C22H33N3O2/c26-21(25-14-9-22(10-15-25)11-16-27-22)23-17-20-7-4-12-24(18-20)13-8-19-5-2-1-3-6-19/h1-3,5-6,20H,4,7-18H2,(H,23,26)/t20-/m1/s1. The molecule has 3 fully saturated rings. The first-order valence-corrected chi connectivity index (χ1v) is 10.7. The van der Waals surface area contributed by atoms with Crippen LogP contribution in [0.2, 0.25) is 0 Å². The predicted octanol–water partition coefficient (Wildman–Crippen LogP) is 2.91. The number of urea groups is 1. The predicted molar refractivity (Wildman–Crippen MR) is 107 cm³/mol. The van der Waals surface area contributed by atoms with Crippen LogP contribution in [0.25, 0.3) is 0 Å². The monoisotopic (exact) mass is 371 g/mol. The summed E-state index contributed by atoms with van der Waals surface area (Å²) in [6.07, 6.45) is 6.73. The third kappa shape index (κ3) is 4.82. The number of benzene rings is 1. The van der Waals surface area contributed by atoms with Crippen molar-refractivity contribution in [1.29, 1.82) is 0 Å². The molecule has 0 aromatic heterocycles. The molecule has 3 heterocycles. The summed E-state index contributed by atoms with van der Waals surface area (Å²) in [6.45, 7) is 6.77. The van der Waals surface area contributed by atoms with Crippen LogP contribution in [0.3, 0.4) is 0 Å². The van der Waals surface area contributed by atoms with Crippen molar-refractivity contribution in [3.63, 3.8) is 0 Å². The van der Waals surface area contributed by atoms with E-state index < -0.39 is 0 Å². The lowest BCUT2D eigenvalue weighted by Gasteiger charge is -2.47. The largest absolute Gasteiger partial charge is 0.375 e. The molecule has 1 spiro atoms. The smallest absolute Gasteiger partial charge is 0.317 e. The first-order chi connectivity index (χ1) is 13.2. The minimum atomic E-state index is 0.111. The van der Waals surface area contributed by atoms with Crippen molar-refractivity contribution in [2.24, 2.45) is 5.92 Å². The summed E-state index contributed by atoms with van der Waals surface area (Å²) in [7, 11) is 0. The van der Waals surface area contributed by atoms with E-state index in [-0.39, 0.29) is 11.6 Å². The number of hydrogen-bond donors (Lipinski definition) is 1. The van der Waals surface area contributed by atoms with Crippen molar-refractivity contribution in [2.45, 2.75) is 44.1 Å². The van der Waals surface area contributed by atoms with E-state index in [4.69, 9.17) is 4.74 Å². The lowest BCUT2D eigenvalue weighted by atomic mass is 9.84. The summed E-state index contributed by atoms with van der Waals surface area (Å²) in [5.74, 6) is 0.574. The van der Waals surface area contributed by atoms with Gasteiger partial charge in [0.05, 0.1) is 12.2 Å². The Hall–Kier alpha value is -1.59. The summed E-state index contributed by atoms with van der Waals surface area (Å²) in [5, 5.41) is 3.20. The highest BCUT2D eigenvalue weighted by Gasteiger charge is 2.41. The van der Waals surface area contributed by atoms with E-state index in [1.807, 2.05) is 4.90 Å². The number of piperidine rings is 2. The number of ether oxygens (including phenoxy) is 1. The maximum atomic E-state index is 12.5. The van der Waals surface area contributed by atoms with E-state index in [0.29, 0.717) is 5.92 Å². The molecule has 0 unspecified atom stereocenters. The lowest BCUT2D eigenvalue weighted by molar-refractivity contribution is -0.169. The van der Waals surface area contributed by atoms with Crippen molar-refractivity contribution in [2.75, 3.05) is 45.9 Å². The van der Waals surface area contributed by atoms with E-state index >= 15 is 0 Å². The molecule has 0 saturated carbocycles. The van der Waals surface area contributed by atoms with Gasteiger partial charge < -0.3 is 19.9 Å². The van der Waals surface area contributed by atoms with Crippen LogP contribution in [0.5, 0.6) is 0 Å². The van der Waals surface area contributed by atoms with Gasteiger partial charge in [-0.2, -0.15) is 0 Å². The highest BCUT2D eigenvalue weighted by molar-refractivity contribution is 5.74. The van der Waals surface area contributed by atoms with Crippen LogP contribution in [0, 0.1) is 5.92 Å². The number of rotatable bonds is 5. The topological polar surface area (TPSA) is 44.8 Å². The summed E-state index contributed by atoms with van der Waals surface area (Å²) in [6, 6.07) is 10.8. The van der Waals surface area contributed by atoms with E-state index in [2.05, 4.69) is 40.5 Å². The molecular formula is C22H33N3O2. The Labute approximate surface area is 163 Å². The zero-order valence-corrected chi connectivity index (χ0v) is 16.4. The lowest BCUT2D eigenvalue weighted by Crippen LogP contribution is -2.55. The van der Waals surface area contributed by atoms with Crippen molar-refractivity contribution in [3.05, 3.63) is 35.9 Å². The number of nitrogens with one attached hydrogen (secondary N) is 1. The molecule has 1 aromatic rings. The average molecular weight is 372 g/mol. The second-order valence-corrected chi connectivity index (χ2v) is 8.50. The number of likely N-dealkylation sites (tertiary alicyclic amines) is 2. The molecule has 1 aromatic carbocycles. The Balaban J connectivity index is 1.16. The molecule has 5 nitrogen and oxygen atoms in total. The molecule has 3 aliphatic heterocycles. The average Bonchev–Trinajstić information content (AvgIpc) is 2.70. The first-order valence-electron chi connectivity index (χ1n) is 10.7. The van der Waals surface area contributed by atoms with Gasteiger partial charge in [0.2, 0.25) is 0 Å². The molecule has 1 N–H and O–H groups in total. The van der Waals surface area contributed by atoms with Crippen LogP contribution in [0.15, 0.2) is 30.3 Å². The number of carbonyl (C=O) groups excluding carboxylic acids is 1. The SMILES string of the molecule is O=C(NC[C@H]1CCCN(CCc2ccccc2)C1)N1CCC2(CCO2)CC1. The minimum Gasteiger partial charge on any atom is -0.375 e. The first kappa shape index (κ1) is 18.8. The Bertz CT molecular complexity index is 607. The van der Waals surface area contributed by atoms with Crippen LogP contribution in [-0.4, -0.2) is 67.3 Å². The highest BCUT2D eigenvalue weighted by Crippen LogP contribution is 2.36. The van der Waals surface area contributed by atoms with Crippen LogP contribution >= 0.6 is 0 Å². The molecule has 0 aliphatic carbocycles. The number of nitrogens with zero attached hydrogens (tertiary/aromatic N) is 2. The van der Waals surface area contributed by atoms with E-state index in [0.717, 1.165) is 58.6 Å². The van der Waals surface area contributed by atoms with Crippen molar-refractivity contribution in [3.8, 4) is 0 Å². The van der Waals surface area contributed by atoms with Crippen LogP contribution < -0.4 is 5.32 Å². The van der Waals surface area contributed by atoms with E-state index in [1.54, 1.807) is 0 Å². The van der Waals surface area contributed by atoms with Crippen LogP contribution in [0.1, 0.15) is 37.7 Å². The molecule has 3 saturated heterocycles. The number of carbonyl (C=O) groups is 1. The summed E-state index contributed by atoms with van der Waals surface area (Å²) in [5.41, 5.74) is 1.52. The van der Waals surface area contributed by atoms with Gasteiger partial charge in [-0.1, -0.05) is 30.3 Å². The second kappa shape index (κ2) is 8.61. The molecule has 4 rings (SSSR count). The zero-order valence-electron chi connectivity index (χ0n) is 16.4. The van der Waals surface area contributed by atoms with Gasteiger partial charge in [-0.15, -0.1) is 0 Å². The molecule has 0 bridgehead atoms. The Morgan fingerprint density at radius 3 is 2.63 bits per heavy atom. The van der Waals surface area contributed by atoms with Gasteiger partial charge in [-0.25, -0.2) is 4.79 Å². The fourth-order valence-corrected chi connectivity index (χ4v) is 4.70. The van der Waals surface area contributed by atoms with Gasteiger partial charge in [0.25, 0.3) is 0 Å². The Kier molecular flexibility index (Phi) is 5.98. The molecule has 2 amide bonds. The number of amides is 2. The third-order valence-corrected chi connectivity index (χ3v) is 6.63. The minimum absolute atomic E-state index is 0.111. The fraction of sp³-hybridized carbons (Fsp3) is 0.682. The highest BCUT2D eigenvalue weighted by atomic mass is 16.5. The maximum Gasteiger partial charge on any atom is 0.317 e. The molecule has 1 atom stereocenters. The molecule has 5 heteroatoms. The number of hydrogen-bond acceptors (Lipinski definition) is 3. The van der Waals surface area contributed by atoms with Gasteiger partial charge in [-0.05, 0) is 56.6 Å². The normalized spacial score (nSPS) is 25.2. The quantitative estimate of drug-likeness (QED) is 0.866. The van der Waals surface area contributed by atoms with E-state index in [9.17, 15) is 4.79 Å². The van der Waals surface area contributed by atoms with Gasteiger partial charge in [0.1, 0.15) is 0 Å². The molecule has 148 valence electrons. The summed E-state index contributed by atoms with van der Waals surface area (Å²) < 4.78 is 5.75. The van der Waals surface area contributed by atoms with Crippen LogP contribution in [-0.2, 0) is 11.2 Å². The molecule has 27 heavy (non-hydrogen) atoms. The fourth-order valence-electron chi connectivity index (χ4n) is 4.70. The zero-order chi connectivity index (χ0) is 18.5. The van der Waals surface area contributed by atoms with Crippen molar-refractivity contribution in [1.82, 2.24) is 15.1 Å². The summed E-state index contributed by atoms with van der Waals surface area (Å²) >= 11 is 0.